The van der Waals surface area contributed by atoms with Crippen LogP contribution in [0.3, 0.4) is 0 Å². The van der Waals surface area contributed by atoms with Gasteiger partial charge in [0.15, 0.2) is 0 Å². The van der Waals surface area contributed by atoms with E-state index in [2.05, 4.69) is 44.7 Å². The summed E-state index contributed by atoms with van der Waals surface area (Å²) in [6, 6.07) is 0.454. The Morgan fingerprint density at radius 3 is 2.14 bits per heavy atom. The van der Waals surface area contributed by atoms with Crippen LogP contribution in [0.5, 0.6) is 0 Å². The SMILES string of the molecule is CC(C)CCNc1nc(NCCOCCOCCN)nc(NC2CCCC2)n1. The van der Waals surface area contributed by atoms with Crippen LogP contribution in [-0.2, 0) is 9.47 Å². The topological polar surface area (TPSA) is 119 Å². The Morgan fingerprint density at radius 2 is 1.50 bits per heavy atom. The molecule has 1 aliphatic rings. The largest absolute Gasteiger partial charge is 0.378 e. The van der Waals surface area contributed by atoms with Crippen LogP contribution in [-0.4, -0.2) is 67.1 Å². The molecule has 0 aromatic carbocycles. The van der Waals surface area contributed by atoms with Crippen LogP contribution in [0.4, 0.5) is 17.8 Å². The zero-order valence-electron chi connectivity index (χ0n) is 17.4. The van der Waals surface area contributed by atoms with Crippen LogP contribution in [0, 0.1) is 5.92 Å². The van der Waals surface area contributed by atoms with E-state index in [1.54, 1.807) is 0 Å². The summed E-state index contributed by atoms with van der Waals surface area (Å²) in [5.41, 5.74) is 5.37. The van der Waals surface area contributed by atoms with Crippen molar-refractivity contribution in [2.75, 3.05) is 62.0 Å². The van der Waals surface area contributed by atoms with E-state index in [9.17, 15) is 0 Å². The molecule has 9 nitrogen and oxygen atoms in total. The fraction of sp³-hybridized carbons (Fsp3) is 0.842. The summed E-state index contributed by atoms with van der Waals surface area (Å²) in [4.78, 5) is 13.5. The molecule has 2 rings (SSSR count). The normalized spacial score (nSPS) is 14.6. The quantitative estimate of drug-likeness (QED) is 0.331. The number of hydrogen-bond acceptors (Lipinski definition) is 9. The van der Waals surface area contributed by atoms with Gasteiger partial charge in [0, 0.05) is 25.7 Å². The molecule has 1 heterocycles. The van der Waals surface area contributed by atoms with Gasteiger partial charge in [-0.15, -0.1) is 0 Å². The molecule has 9 heteroatoms. The molecule has 0 aliphatic heterocycles. The summed E-state index contributed by atoms with van der Waals surface area (Å²) >= 11 is 0. The second kappa shape index (κ2) is 13.5. The first-order valence-electron chi connectivity index (χ1n) is 10.5. The predicted octanol–water partition coefficient (Wildman–Crippen LogP) is 2.09. The highest BCUT2D eigenvalue weighted by Gasteiger charge is 2.16. The van der Waals surface area contributed by atoms with Gasteiger partial charge in [-0.1, -0.05) is 26.7 Å². The highest BCUT2D eigenvalue weighted by molar-refractivity contribution is 5.42. The van der Waals surface area contributed by atoms with Crippen molar-refractivity contribution in [3.63, 3.8) is 0 Å². The lowest BCUT2D eigenvalue weighted by atomic mass is 10.1. The maximum absolute atomic E-state index is 5.53. The fourth-order valence-corrected chi connectivity index (χ4v) is 2.96. The van der Waals surface area contributed by atoms with E-state index >= 15 is 0 Å². The van der Waals surface area contributed by atoms with Crippen molar-refractivity contribution in [1.29, 1.82) is 0 Å². The van der Waals surface area contributed by atoms with E-state index in [1.165, 1.54) is 25.7 Å². The van der Waals surface area contributed by atoms with E-state index in [-0.39, 0.29) is 0 Å². The summed E-state index contributed by atoms with van der Waals surface area (Å²) < 4.78 is 10.8. The van der Waals surface area contributed by atoms with Gasteiger partial charge in [-0.25, -0.2) is 0 Å². The monoisotopic (exact) mass is 395 g/mol. The van der Waals surface area contributed by atoms with Gasteiger partial charge in [-0.2, -0.15) is 15.0 Å². The third-order valence-electron chi connectivity index (χ3n) is 4.49. The number of nitrogens with zero attached hydrogens (tertiary/aromatic N) is 3. The Labute approximate surface area is 168 Å². The molecule has 0 radical (unpaired) electrons. The fourth-order valence-electron chi connectivity index (χ4n) is 2.96. The average molecular weight is 396 g/mol. The van der Waals surface area contributed by atoms with Crippen molar-refractivity contribution in [3.05, 3.63) is 0 Å². The number of nitrogens with two attached hydrogens (primary N) is 1. The molecule has 1 aromatic heterocycles. The Hall–Kier alpha value is -1.71. The minimum absolute atomic E-state index is 0.454. The summed E-state index contributed by atoms with van der Waals surface area (Å²) in [5.74, 6) is 2.43. The maximum atomic E-state index is 5.53. The molecule has 1 aromatic rings. The molecular formula is C19H37N7O2. The zero-order valence-corrected chi connectivity index (χ0v) is 17.4. The molecule has 0 amide bonds. The van der Waals surface area contributed by atoms with Gasteiger partial charge in [0.05, 0.1) is 26.4 Å². The van der Waals surface area contributed by atoms with Crippen LogP contribution >= 0.6 is 0 Å². The predicted molar refractivity (Wildman–Crippen MR) is 113 cm³/mol. The highest BCUT2D eigenvalue weighted by Crippen LogP contribution is 2.21. The smallest absolute Gasteiger partial charge is 0.229 e. The van der Waals surface area contributed by atoms with E-state index in [4.69, 9.17) is 15.2 Å². The summed E-state index contributed by atoms with van der Waals surface area (Å²) in [5, 5.41) is 9.99. The summed E-state index contributed by atoms with van der Waals surface area (Å²) in [6.07, 6.45) is 5.94. The molecule has 0 saturated heterocycles. The molecule has 1 fully saturated rings. The molecule has 0 atom stereocenters. The average Bonchev–Trinajstić information content (AvgIpc) is 3.16. The number of rotatable bonds is 15. The van der Waals surface area contributed by atoms with E-state index in [1.807, 2.05) is 0 Å². The van der Waals surface area contributed by atoms with Crippen LogP contribution in [0.1, 0.15) is 46.0 Å². The number of nitrogens with one attached hydrogen (secondary N) is 3. The van der Waals surface area contributed by atoms with Crippen molar-refractivity contribution in [2.24, 2.45) is 11.7 Å². The van der Waals surface area contributed by atoms with Crippen molar-refractivity contribution in [1.82, 2.24) is 15.0 Å². The highest BCUT2D eigenvalue weighted by atomic mass is 16.5. The number of aromatic nitrogens is 3. The lowest BCUT2D eigenvalue weighted by Gasteiger charge is -2.15. The van der Waals surface area contributed by atoms with Gasteiger partial charge in [0.25, 0.3) is 0 Å². The van der Waals surface area contributed by atoms with Crippen molar-refractivity contribution in [2.45, 2.75) is 52.0 Å². The van der Waals surface area contributed by atoms with Crippen molar-refractivity contribution < 1.29 is 9.47 Å². The Morgan fingerprint density at radius 1 is 0.893 bits per heavy atom. The number of anilines is 3. The molecule has 1 saturated carbocycles. The van der Waals surface area contributed by atoms with Crippen molar-refractivity contribution in [3.8, 4) is 0 Å². The standard InChI is InChI=1S/C19H37N7O2/c1-15(2)7-9-21-17-24-18(22-10-12-28-14-13-27-11-8-20)26-19(25-17)23-16-5-3-4-6-16/h15-16H,3-14,20H2,1-2H3,(H3,21,22,23,24,25,26). The molecule has 1 aliphatic carbocycles. The second-order valence-corrected chi connectivity index (χ2v) is 7.48. The second-order valence-electron chi connectivity index (χ2n) is 7.48. The first-order valence-corrected chi connectivity index (χ1v) is 10.5. The molecule has 0 unspecified atom stereocenters. The number of ether oxygens (including phenoxy) is 2. The van der Waals surface area contributed by atoms with Gasteiger partial charge in [0.2, 0.25) is 17.8 Å². The van der Waals surface area contributed by atoms with Crippen LogP contribution < -0.4 is 21.7 Å². The summed E-state index contributed by atoms with van der Waals surface area (Å²) in [6.45, 7) is 8.63. The molecule has 160 valence electrons. The molecular weight excluding hydrogens is 358 g/mol. The molecule has 5 N–H and O–H groups in total. The first-order chi connectivity index (χ1) is 13.7. The van der Waals surface area contributed by atoms with Crippen LogP contribution in [0.25, 0.3) is 0 Å². The molecule has 0 bridgehead atoms. The Kier molecular flexibility index (Phi) is 10.9. The van der Waals surface area contributed by atoms with Gasteiger partial charge >= 0.3 is 0 Å². The minimum Gasteiger partial charge on any atom is -0.378 e. The lowest BCUT2D eigenvalue weighted by molar-refractivity contribution is 0.0547. The van der Waals surface area contributed by atoms with E-state index in [0.717, 1.165) is 13.0 Å². The van der Waals surface area contributed by atoms with Gasteiger partial charge in [0.1, 0.15) is 0 Å². The lowest BCUT2D eigenvalue weighted by Crippen LogP contribution is -2.20. The zero-order chi connectivity index (χ0) is 20.0. The van der Waals surface area contributed by atoms with Gasteiger partial charge < -0.3 is 31.2 Å². The third-order valence-corrected chi connectivity index (χ3v) is 4.49. The van der Waals surface area contributed by atoms with Crippen molar-refractivity contribution >= 4 is 17.8 Å². The molecule has 28 heavy (non-hydrogen) atoms. The summed E-state index contributed by atoms with van der Waals surface area (Å²) in [7, 11) is 0. The van der Waals surface area contributed by atoms with E-state index < -0.39 is 0 Å². The Balaban J connectivity index is 1.81. The maximum Gasteiger partial charge on any atom is 0.229 e. The molecule has 0 spiro atoms. The van der Waals surface area contributed by atoms with Gasteiger partial charge in [-0.05, 0) is 25.2 Å². The third kappa shape index (κ3) is 9.48. The Bertz CT molecular complexity index is 539. The first kappa shape index (κ1) is 22.6. The van der Waals surface area contributed by atoms with Gasteiger partial charge in [-0.3, -0.25) is 0 Å². The number of hydrogen-bond donors (Lipinski definition) is 4. The van der Waals surface area contributed by atoms with Crippen LogP contribution in [0.15, 0.2) is 0 Å². The minimum atomic E-state index is 0.454. The van der Waals surface area contributed by atoms with Crippen LogP contribution in [0.2, 0.25) is 0 Å². The van der Waals surface area contributed by atoms with E-state index in [0.29, 0.717) is 69.3 Å².